The monoisotopic (exact) mass is 455 g/mol. The van der Waals surface area contributed by atoms with E-state index in [4.69, 9.17) is 0 Å². The van der Waals surface area contributed by atoms with Gasteiger partial charge in [-0.25, -0.2) is 20.3 Å². The Bertz CT molecular complexity index is 1040. The summed E-state index contributed by atoms with van der Waals surface area (Å²) in [6.07, 6.45) is 0. The minimum absolute atomic E-state index is 1.08. The Morgan fingerprint density at radius 3 is 0.788 bits per heavy atom. The lowest BCUT2D eigenvalue weighted by atomic mass is 10.2. The van der Waals surface area contributed by atoms with Gasteiger partial charge in [-0.3, -0.25) is 0 Å². The van der Waals surface area contributed by atoms with Gasteiger partial charge in [0.05, 0.1) is 22.7 Å². The predicted octanol–water partition coefficient (Wildman–Crippen LogP) is 8.35. The second kappa shape index (κ2) is 9.97. The molecule has 0 aliphatic rings. The predicted molar refractivity (Wildman–Crippen MR) is 146 cm³/mol. The number of nitrogens with one attached hydrogen (secondary N) is 4. The fourth-order valence-corrected chi connectivity index (χ4v) is 6.47. The van der Waals surface area contributed by atoms with E-state index in [-0.39, 0.29) is 0 Å². The Hall–Kier alpha value is -3.49. The quantitative estimate of drug-likeness (QED) is 0.202. The molecule has 0 saturated heterocycles. The zero-order valence-electron chi connectivity index (χ0n) is 19.7. The number of rotatable bonds is 8. The van der Waals surface area contributed by atoms with Crippen molar-refractivity contribution in [3.05, 3.63) is 119 Å². The molecule has 4 N–H and O–H groups in total. The van der Waals surface area contributed by atoms with Gasteiger partial charge in [0.1, 0.15) is 0 Å². The molecule has 168 valence electrons. The molecule has 4 rings (SSSR count). The molecule has 33 heavy (non-hydrogen) atoms. The summed E-state index contributed by atoms with van der Waals surface area (Å²) >= 11 is 0. The van der Waals surface area contributed by atoms with E-state index in [9.17, 15) is 0 Å². The first-order chi connectivity index (χ1) is 16.0. The van der Waals surface area contributed by atoms with Crippen molar-refractivity contribution in [3.8, 4) is 0 Å². The first kappa shape index (κ1) is 22.7. The molecule has 0 aromatic heterocycles. The van der Waals surface area contributed by atoms with Crippen LogP contribution in [0.1, 0.15) is 22.3 Å². The van der Waals surface area contributed by atoms with E-state index in [0.29, 0.717) is 0 Å². The van der Waals surface area contributed by atoms with Crippen LogP contribution in [-0.2, 0) is 0 Å². The Kier molecular flexibility index (Phi) is 6.86. The van der Waals surface area contributed by atoms with Gasteiger partial charge >= 0.3 is 7.87 Å². The SMILES string of the molecule is Cc1ccccc1N[P+](Nc1ccccc1C)(Nc1ccccc1C)Nc1ccccc1C. The molecule has 0 spiro atoms. The van der Waals surface area contributed by atoms with Crippen molar-refractivity contribution < 1.29 is 0 Å². The maximum atomic E-state index is 3.87. The van der Waals surface area contributed by atoms with Crippen molar-refractivity contribution in [3.63, 3.8) is 0 Å². The van der Waals surface area contributed by atoms with Crippen molar-refractivity contribution in [1.82, 2.24) is 0 Å². The van der Waals surface area contributed by atoms with E-state index in [1.807, 2.05) is 0 Å². The highest BCUT2D eigenvalue weighted by atomic mass is 31.2. The van der Waals surface area contributed by atoms with Gasteiger partial charge in [-0.1, -0.05) is 72.8 Å². The molecule has 0 aliphatic heterocycles. The maximum Gasteiger partial charge on any atom is 0.395 e. The van der Waals surface area contributed by atoms with E-state index in [0.717, 1.165) is 22.7 Å². The number of para-hydroxylation sites is 4. The highest BCUT2D eigenvalue weighted by Gasteiger charge is 2.42. The smallest absolute Gasteiger partial charge is 0.202 e. The average Bonchev–Trinajstić information content (AvgIpc) is 2.80. The van der Waals surface area contributed by atoms with Gasteiger partial charge in [-0.05, 0) is 74.2 Å². The summed E-state index contributed by atoms with van der Waals surface area (Å²) in [5.41, 5.74) is 9.06. The summed E-state index contributed by atoms with van der Waals surface area (Å²) in [5, 5.41) is 15.5. The first-order valence-electron chi connectivity index (χ1n) is 11.2. The molecule has 5 heteroatoms. The lowest BCUT2D eigenvalue weighted by molar-refractivity contribution is 1.41. The number of anilines is 4. The second-order valence-corrected chi connectivity index (χ2v) is 10.6. The molecule has 0 saturated carbocycles. The molecule has 0 amide bonds. The van der Waals surface area contributed by atoms with Crippen LogP contribution in [0.5, 0.6) is 0 Å². The van der Waals surface area contributed by atoms with Gasteiger partial charge in [0.25, 0.3) is 0 Å². The molecule has 0 radical (unpaired) electrons. The van der Waals surface area contributed by atoms with Crippen LogP contribution in [0.15, 0.2) is 97.1 Å². The molecule has 4 nitrogen and oxygen atoms in total. The van der Waals surface area contributed by atoms with Crippen LogP contribution < -0.4 is 20.3 Å². The van der Waals surface area contributed by atoms with E-state index < -0.39 is 7.87 Å². The molecule has 0 aliphatic carbocycles. The molecular formula is C28H32N4P+. The normalized spacial score (nSPS) is 11.0. The van der Waals surface area contributed by atoms with E-state index in [1.165, 1.54) is 22.3 Å². The summed E-state index contributed by atoms with van der Waals surface area (Å²) in [6.45, 7) is 8.53. The molecule has 4 aromatic carbocycles. The first-order valence-corrected chi connectivity index (χ1v) is 13.0. The lowest BCUT2D eigenvalue weighted by Gasteiger charge is -2.31. The van der Waals surface area contributed by atoms with E-state index >= 15 is 0 Å². The standard InChI is InChI=1S/C28H32N4P/c1-21-13-5-9-17-25(21)29-33(30-26-18-10-6-14-22(26)2,31-27-19-11-7-15-23(27)3)32-28-20-12-8-16-24(28)4/h5-20,29-32H,1-4H3/q+1. The van der Waals surface area contributed by atoms with Crippen LogP contribution in [-0.4, -0.2) is 0 Å². The van der Waals surface area contributed by atoms with Gasteiger partial charge in [-0.2, -0.15) is 0 Å². The fourth-order valence-electron chi connectivity index (χ4n) is 3.68. The zero-order valence-corrected chi connectivity index (χ0v) is 20.6. The second-order valence-electron chi connectivity index (χ2n) is 8.38. The van der Waals surface area contributed by atoms with Gasteiger partial charge in [0.2, 0.25) is 0 Å². The van der Waals surface area contributed by atoms with E-state index in [2.05, 4.69) is 145 Å². The summed E-state index contributed by atoms with van der Waals surface area (Å²) in [4.78, 5) is 0. The highest BCUT2D eigenvalue weighted by Crippen LogP contribution is 2.57. The summed E-state index contributed by atoms with van der Waals surface area (Å²) in [7, 11) is -2.49. The summed E-state index contributed by atoms with van der Waals surface area (Å²) < 4.78 is 0. The van der Waals surface area contributed by atoms with Crippen molar-refractivity contribution in [2.45, 2.75) is 27.7 Å². The molecule has 0 atom stereocenters. The van der Waals surface area contributed by atoms with Gasteiger partial charge in [0, 0.05) is 0 Å². The molecule has 4 aromatic rings. The van der Waals surface area contributed by atoms with E-state index in [1.54, 1.807) is 0 Å². The third-order valence-corrected chi connectivity index (χ3v) is 8.04. The molecule has 0 unspecified atom stereocenters. The number of hydrogen-bond acceptors (Lipinski definition) is 4. The van der Waals surface area contributed by atoms with Crippen molar-refractivity contribution in [2.75, 3.05) is 20.3 Å². The topological polar surface area (TPSA) is 48.1 Å². The van der Waals surface area contributed by atoms with Crippen LogP contribution in [0.25, 0.3) is 0 Å². The minimum Gasteiger partial charge on any atom is -0.202 e. The van der Waals surface area contributed by atoms with Crippen LogP contribution in [0.3, 0.4) is 0 Å². The van der Waals surface area contributed by atoms with Gasteiger partial charge < -0.3 is 0 Å². The molecule has 0 bridgehead atoms. The molecule has 0 heterocycles. The molecular weight excluding hydrogens is 423 g/mol. The van der Waals surface area contributed by atoms with Crippen molar-refractivity contribution >= 4 is 30.6 Å². The Labute approximate surface area is 198 Å². The van der Waals surface area contributed by atoms with Crippen LogP contribution in [0, 0.1) is 27.7 Å². The van der Waals surface area contributed by atoms with Crippen LogP contribution >= 0.6 is 7.87 Å². The van der Waals surface area contributed by atoms with Crippen molar-refractivity contribution in [1.29, 1.82) is 0 Å². The molecule has 0 fully saturated rings. The van der Waals surface area contributed by atoms with Gasteiger partial charge in [-0.15, -0.1) is 0 Å². The summed E-state index contributed by atoms with van der Waals surface area (Å²) in [5.74, 6) is 0. The largest absolute Gasteiger partial charge is 0.395 e. The minimum atomic E-state index is -2.49. The van der Waals surface area contributed by atoms with Gasteiger partial charge in [0.15, 0.2) is 0 Å². The maximum absolute atomic E-state index is 3.87. The third kappa shape index (κ3) is 5.47. The zero-order chi connectivity index (χ0) is 23.3. The van der Waals surface area contributed by atoms with Crippen molar-refractivity contribution in [2.24, 2.45) is 0 Å². The third-order valence-electron chi connectivity index (χ3n) is 5.73. The number of aryl methyl sites for hydroxylation is 4. The highest BCUT2D eigenvalue weighted by molar-refractivity contribution is 7.81. The number of benzene rings is 4. The lowest BCUT2D eigenvalue weighted by Crippen LogP contribution is -2.28. The average molecular weight is 456 g/mol. The van der Waals surface area contributed by atoms with Crippen LogP contribution in [0.4, 0.5) is 22.7 Å². The fraction of sp³-hybridized carbons (Fsp3) is 0.143. The Morgan fingerprint density at radius 1 is 0.364 bits per heavy atom. The van der Waals surface area contributed by atoms with Crippen LogP contribution in [0.2, 0.25) is 0 Å². The number of hydrogen-bond donors (Lipinski definition) is 4. The Balaban J connectivity index is 1.86. The summed E-state index contributed by atoms with van der Waals surface area (Å²) in [6, 6.07) is 33.6. The Morgan fingerprint density at radius 2 is 0.576 bits per heavy atom.